The lowest BCUT2D eigenvalue weighted by atomic mass is 10.3. The van der Waals surface area contributed by atoms with Crippen molar-refractivity contribution in [2.75, 3.05) is 13.2 Å². The molecule has 1 N–H and O–H groups in total. The highest BCUT2D eigenvalue weighted by Gasteiger charge is 2.16. The summed E-state index contributed by atoms with van der Waals surface area (Å²) in [6.07, 6.45) is 0.571. The van der Waals surface area contributed by atoms with Crippen molar-refractivity contribution < 1.29 is 14.6 Å². The third kappa shape index (κ3) is 3.72. The number of aliphatic hydroxyl groups excluding tert-OH is 1. The summed E-state index contributed by atoms with van der Waals surface area (Å²) in [5, 5.41) is 10.3. The summed E-state index contributed by atoms with van der Waals surface area (Å²) in [5.41, 5.74) is -0.357. The summed E-state index contributed by atoms with van der Waals surface area (Å²) >= 11 is 0. The zero-order chi connectivity index (χ0) is 19.6. The maximum Gasteiger partial charge on any atom is 0.332 e. The van der Waals surface area contributed by atoms with Crippen LogP contribution in [0.5, 0.6) is 11.5 Å². The number of aliphatic hydroxyl groups is 1. The molecule has 1 atom stereocenters. The first-order valence-electron chi connectivity index (χ1n) is 8.57. The van der Waals surface area contributed by atoms with Gasteiger partial charge < -0.3 is 19.1 Å². The molecule has 0 spiro atoms. The second-order valence-electron chi connectivity index (χ2n) is 6.14. The topological polar surface area (TPSA) is 101 Å². The molecule has 0 aliphatic rings. The van der Waals surface area contributed by atoms with E-state index in [-0.39, 0.29) is 24.3 Å². The Labute approximate surface area is 155 Å². The van der Waals surface area contributed by atoms with Crippen molar-refractivity contribution in [2.45, 2.75) is 19.6 Å². The summed E-state index contributed by atoms with van der Waals surface area (Å²) in [4.78, 5) is 28.5. The minimum absolute atomic E-state index is 0.0414. The van der Waals surface area contributed by atoms with Crippen molar-refractivity contribution in [2.24, 2.45) is 14.1 Å². The number of imidazole rings is 1. The molecule has 0 saturated heterocycles. The molecule has 9 nitrogen and oxygen atoms in total. The first-order valence-corrected chi connectivity index (χ1v) is 8.57. The lowest BCUT2D eigenvalue weighted by molar-refractivity contribution is 0.0933. The molecule has 2 heterocycles. The Hall–Kier alpha value is -3.07. The van der Waals surface area contributed by atoms with Crippen LogP contribution in [-0.2, 0) is 20.6 Å². The summed E-state index contributed by atoms with van der Waals surface area (Å²) in [6.45, 7) is 2.65. The number of hydrogen-bond donors (Lipinski definition) is 1. The van der Waals surface area contributed by atoms with Gasteiger partial charge in [0, 0.05) is 14.1 Å². The number of hydrogen-bond acceptors (Lipinski definition) is 6. The predicted molar refractivity (Wildman–Crippen MR) is 99.3 cm³/mol. The molecule has 0 aliphatic heterocycles. The molecule has 1 aromatic carbocycles. The first kappa shape index (κ1) is 18.7. The van der Waals surface area contributed by atoms with Crippen LogP contribution in [0, 0.1) is 0 Å². The van der Waals surface area contributed by atoms with Crippen molar-refractivity contribution in [3.63, 3.8) is 0 Å². The molecule has 3 aromatic rings. The highest BCUT2D eigenvalue weighted by atomic mass is 16.5. The minimum Gasteiger partial charge on any atom is -0.494 e. The molecule has 0 saturated carbocycles. The van der Waals surface area contributed by atoms with E-state index >= 15 is 0 Å². The van der Waals surface area contributed by atoms with Crippen LogP contribution >= 0.6 is 0 Å². The molecule has 0 aliphatic carbocycles. The van der Waals surface area contributed by atoms with Gasteiger partial charge in [0.2, 0.25) is 0 Å². The van der Waals surface area contributed by atoms with E-state index in [1.165, 1.54) is 22.5 Å². The normalized spacial score (nSPS) is 12.3. The van der Waals surface area contributed by atoms with Crippen molar-refractivity contribution in [3.05, 3.63) is 51.4 Å². The van der Waals surface area contributed by atoms with E-state index in [4.69, 9.17) is 9.47 Å². The fraction of sp³-hybridized carbons (Fsp3) is 0.389. The largest absolute Gasteiger partial charge is 0.494 e. The Morgan fingerprint density at radius 2 is 1.70 bits per heavy atom. The van der Waals surface area contributed by atoms with E-state index < -0.39 is 17.4 Å². The van der Waals surface area contributed by atoms with Crippen LogP contribution in [0.3, 0.4) is 0 Å². The van der Waals surface area contributed by atoms with Crippen molar-refractivity contribution >= 4 is 11.2 Å². The van der Waals surface area contributed by atoms with Gasteiger partial charge in [0.05, 0.1) is 19.5 Å². The van der Waals surface area contributed by atoms with Gasteiger partial charge in [-0.05, 0) is 31.2 Å². The Bertz CT molecular complexity index is 1050. The first-order chi connectivity index (χ1) is 12.9. The van der Waals surface area contributed by atoms with E-state index in [1.54, 1.807) is 31.3 Å². The maximum atomic E-state index is 12.4. The molecule has 0 radical (unpaired) electrons. The number of rotatable bonds is 7. The fourth-order valence-corrected chi connectivity index (χ4v) is 2.81. The van der Waals surface area contributed by atoms with E-state index in [0.717, 1.165) is 10.3 Å². The van der Waals surface area contributed by atoms with Crippen molar-refractivity contribution in [1.82, 2.24) is 18.7 Å². The van der Waals surface area contributed by atoms with E-state index in [1.807, 2.05) is 6.92 Å². The lowest BCUT2D eigenvalue weighted by Crippen LogP contribution is -2.38. The number of aromatic nitrogens is 4. The van der Waals surface area contributed by atoms with Crippen LogP contribution in [0.15, 0.2) is 40.2 Å². The molecule has 144 valence electrons. The SMILES string of the molecule is CCOc1ccc(OCC(O)Cn2cnc3c2c(=O)n(C)c(=O)n3C)cc1. The molecular weight excluding hydrogens is 352 g/mol. The molecule has 3 rings (SSSR count). The lowest BCUT2D eigenvalue weighted by Gasteiger charge is -2.14. The maximum absolute atomic E-state index is 12.4. The standard InChI is InChI=1S/C18H22N4O5/c1-4-26-13-5-7-14(8-6-13)27-10-12(23)9-22-11-19-16-15(22)17(24)21(3)18(25)20(16)2/h5-8,11-12,23H,4,9-10H2,1-3H3. The zero-order valence-corrected chi connectivity index (χ0v) is 15.5. The van der Waals surface area contributed by atoms with Crippen LogP contribution in [-0.4, -0.2) is 43.1 Å². The van der Waals surface area contributed by atoms with Crippen LogP contribution in [0.4, 0.5) is 0 Å². The molecule has 0 bridgehead atoms. The van der Waals surface area contributed by atoms with Gasteiger partial charge in [-0.1, -0.05) is 0 Å². The smallest absolute Gasteiger partial charge is 0.332 e. The highest BCUT2D eigenvalue weighted by Crippen LogP contribution is 2.17. The van der Waals surface area contributed by atoms with Gasteiger partial charge in [-0.3, -0.25) is 13.9 Å². The quantitative estimate of drug-likeness (QED) is 0.637. The zero-order valence-electron chi connectivity index (χ0n) is 15.5. The predicted octanol–water partition coefficient (Wildman–Crippen LogP) is 0.272. The van der Waals surface area contributed by atoms with Crippen LogP contribution in [0.2, 0.25) is 0 Å². The summed E-state index contributed by atoms with van der Waals surface area (Å²) in [7, 11) is 2.96. The molecule has 1 unspecified atom stereocenters. The number of fused-ring (bicyclic) bond motifs is 1. The van der Waals surface area contributed by atoms with E-state index in [9.17, 15) is 14.7 Å². The van der Waals surface area contributed by atoms with Gasteiger partial charge in [-0.15, -0.1) is 0 Å². The Kier molecular flexibility index (Phi) is 5.31. The van der Waals surface area contributed by atoms with Crippen LogP contribution in [0.1, 0.15) is 6.92 Å². The average molecular weight is 374 g/mol. The van der Waals surface area contributed by atoms with Crippen molar-refractivity contribution in [1.29, 1.82) is 0 Å². The average Bonchev–Trinajstić information content (AvgIpc) is 3.08. The third-order valence-corrected chi connectivity index (χ3v) is 4.20. The van der Waals surface area contributed by atoms with Gasteiger partial charge >= 0.3 is 5.69 Å². The minimum atomic E-state index is -0.865. The number of nitrogens with zero attached hydrogens (tertiary/aromatic N) is 4. The molecule has 27 heavy (non-hydrogen) atoms. The molecule has 0 amide bonds. The highest BCUT2D eigenvalue weighted by molar-refractivity contribution is 5.69. The number of aryl methyl sites for hydroxylation is 1. The van der Waals surface area contributed by atoms with E-state index in [2.05, 4.69) is 4.98 Å². The Balaban J connectivity index is 1.72. The summed E-state index contributed by atoms with van der Waals surface area (Å²) < 4.78 is 14.8. The monoisotopic (exact) mass is 374 g/mol. The van der Waals surface area contributed by atoms with Crippen LogP contribution in [0.25, 0.3) is 11.2 Å². The van der Waals surface area contributed by atoms with Crippen LogP contribution < -0.4 is 20.7 Å². The molecular formula is C18H22N4O5. The molecule has 0 fully saturated rings. The number of benzene rings is 1. The number of ether oxygens (including phenoxy) is 2. The molecule has 9 heteroatoms. The Morgan fingerprint density at radius 3 is 2.33 bits per heavy atom. The van der Waals surface area contributed by atoms with Gasteiger partial charge in [0.25, 0.3) is 5.56 Å². The fourth-order valence-electron chi connectivity index (χ4n) is 2.81. The van der Waals surface area contributed by atoms with E-state index in [0.29, 0.717) is 12.4 Å². The van der Waals surface area contributed by atoms with Gasteiger partial charge in [0.1, 0.15) is 24.2 Å². The Morgan fingerprint density at radius 1 is 1.07 bits per heavy atom. The van der Waals surface area contributed by atoms with Gasteiger partial charge in [-0.2, -0.15) is 0 Å². The van der Waals surface area contributed by atoms with Gasteiger partial charge in [-0.25, -0.2) is 9.78 Å². The van der Waals surface area contributed by atoms with Gasteiger partial charge in [0.15, 0.2) is 11.2 Å². The summed E-state index contributed by atoms with van der Waals surface area (Å²) in [5.74, 6) is 1.35. The second kappa shape index (κ2) is 7.67. The third-order valence-electron chi connectivity index (χ3n) is 4.20. The second-order valence-corrected chi connectivity index (χ2v) is 6.14. The summed E-state index contributed by atoms with van der Waals surface area (Å²) in [6, 6.07) is 7.10. The van der Waals surface area contributed by atoms with Crippen molar-refractivity contribution in [3.8, 4) is 11.5 Å². The molecule has 2 aromatic heterocycles.